The highest BCUT2D eigenvalue weighted by Gasteiger charge is 2.74. The minimum atomic E-state index is -3.56. The van der Waals surface area contributed by atoms with Gasteiger partial charge in [0, 0.05) is 18.7 Å². The van der Waals surface area contributed by atoms with Gasteiger partial charge in [0.15, 0.2) is 9.84 Å². The number of benzene rings is 1. The van der Waals surface area contributed by atoms with Gasteiger partial charge in [-0.05, 0) is 17.7 Å². The molecule has 0 aromatic heterocycles. The van der Waals surface area contributed by atoms with Crippen molar-refractivity contribution in [3.8, 4) is 0 Å². The average molecular weight is 287 g/mol. The first-order valence-electron chi connectivity index (χ1n) is 5.63. The van der Waals surface area contributed by atoms with Crippen LogP contribution < -0.4 is 5.73 Å². The lowest BCUT2D eigenvalue weighted by Gasteiger charge is -2.09. The second-order valence-electron chi connectivity index (χ2n) is 4.83. The Morgan fingerprint density at radius 3 is 2.26 bits per heavy atom. The molecule has 1 saturated carbocycles. The molecule has 104 valence electrons. The van der Waals surface area contributed by atoms with E-state index in [-0.39, 0.29) is 6.54 Å². The molecule has 0 heterocycles. The van der Waals surface area contributed by atoms with Gasteiger partial charge in [0.2, 0.25) is 0 Å². The molecule has 2 rings (SSSR count). The van der Waals surface area contributed by atoms with Gasteiger partial charge in [-0.1, -0.05) is 12.1 Å². The van der Waals surface area contributed by atoms with E-state index in [1.165, 1.54) is 24.3 Å². The van der Waals surface area contributed by atoms with Gasteiger partial charge in [-0.15, -0.1) is 0 Å². The molecular formula is C12H14FNO4S. The number of carboxylic acids is 1. The average Bonchev–Trinajstić information content (AvgIpc) is 3.00. The monoisotopic (exact) mass is 287 g/mol. The van der Waals surface area contributed by atoms with Crippen molar-refractivity contribution in [2.24, 2.45) is 11.1 Å². The molecule has 1 fully saturated rings. The molecule has 0 spiro atoms. The highest BCUT2D eigenvalue weighted by molar-refractivity contribution is 7.91. The molecule has 3 atom stereocenters. The Balaban J connectivity index is 2.50. The molecule has 1 aliphatic rings. The van der Waals surface area contributed by atoms with Crippen molar-refractivity contribution in [2.45, 2.75) is 11.2 Å². The van der Waals surface area contributed by atoms with E-state index in [9.17, 15) is 22.7 Å². The fraction of sp³-hybridized carbons (Fsp3) is 0.417. The van der Waals surface area contributed by atoms with Crippen LogP contribution in [0.5, 0.6) is 0 Å². The third-order valence-electron chi connectivity index (χ3n) is 3.68. The summed E-state index contributed by atoms with van der Waals surface area (Å²) in [6, 6.07) is 5.16. The predicted octanol–water partition coefficient (Wildman–Crippen LogP) is 0.366. The van der Waals surface area contributed by atoms with Gasteiger partial charge < -0.3 is 10.8 Å². The summed E-state index contributed by atoms with van der Waals surface area (Å²) in [6.45, 7) is -0.276. The summed E-state index contributed by atoms with van der Waals surface area (Å²) >= 11 is 0. The fourth-order valence-corrected chi connectivity index (χ4v) is 4.68. The van der Waals surface area contributed by atoms with Gasteiger partial charge in [-0.3, -0.25) is 4.79 Å². The van der Waals surface area contributed by atoms with E-state index in [4.69, 9.17) is 5.73 Å². The van der Waals surface area contributed by atoms with Gasteiger partial charge in [0.25, 0.3) is 0 Å². The van der Waals surface area contributed by atoms with E-state index >= 15 is 0 Å². The van der Waals surface area contributed by atoms with Crippen LogP contribution in [0.25, 0.3) is 0 Å². The molecule has 1 aromatic carbocycles. The number of hydrogen-bond donors (Lipinski definition) is 2. The summed E-state index contributed by atoms with van der Waals surface area (Å²) in [4.78, 5) is 11.4. The Hall–Kier alpha value is -1.47. The molecule has 3 N–H and O–H groups in total. The highest BCUT2D eigenvalue weighted by Crippen LogP contribution is 2.62. The predicted molar refractivity (Wildman–Crippen MR) is 66.9 cm³/mol. The van der Waals surface area contributed by atoms with E-state index < -0.39 is 38.2 Å². The van der Waals surface area contributed by atoms with E-state index in [2.05, 4.69) is 0 Å². The van der Waals surface area contributed by atoms with Crippen molar-refractivity contribution < 1.29 is 22.7 Å². The molecule has 0 aliphatic heterocycles. The molecule has 1 aliphatic carbocycles. The maximum atomic E-state index is 12.9. The van der Waals surface area contributed by atoms with Crippen LogP contribution in [-0.2, 0) is 14.6 Å². The van der Waals surface area contributed by atoms with Crippen molar-refractivity contribution in [1.29, 1.82) is 0 Å². The SMILES string of the molecule is CS(=O)(=O)[C@H]1[C@H](c2ccc(F)cc2)[C@@]1(CN)C(=O)O. The molecule has 0 saturated heterocycles. The van der Waals surface area contributed by atoms with Crippen molar-refractivity contribution >= 4 is 15.8 Å². The Labute approximate surface area is 110 Å². The summed E-state index contributed by atoms with van der Waals surface area (Å²) in [5.74, 6) is -2.43. The van der Waals surface area contributed by atoms with Crippen LogP contribution >= 0.6 is 0 Å². The number of hydrogen-bond acceptors (Lipinski definition) is 4. The minimum absolute atomic E-state index is 0.276. The van der Waals surface area contributed by atoms with Gasteiger partial charge in [0.1, 0.15) is 11.2 Å². The number of carboxylic acid groups (broad SMARTS) is 1. The van der Waals surface area contributed by atoms with E-state index in [0.29, 0.717) is 5.56 Å². The van der Waals surface area contributed by atoms with Crippen LogP contribution in [0, 0.1) is 11.2 Å². The number of halogens is 1. The molecular weight excluding hydrogens is 273 g/mol. The summed E-state index contributed by atoms with van der Waals surface area (Å²) in [5, 5.41) is 8.24. The lowest BCUT2D eigenvalue weighted by Crippen LogP contribution is -2.31. The van der Waals surface area contributed by atoms with Crippen LogP contribution in [0.15, 0.2) is 24.3 Å². The van der Waals surface area contributed by atoms with Gasteiger partial charge >= 0.3 is 5.97 Å². The lowest BCUT2D eigenvalue weighted by atomic mass is 9.99. The Kier molecular flexibility index (Phi) is 3.14. The van der Waals surface area contributed by atoms with Crippen molar-refractivity contribution in [3.63, 3.8) is 0 Å². The van der Waals surface area contributed by atoms with Crippen LogP contribution in [0.2, 0.25) is 0 Å². The van der Waals surface area contributed by atoms with Crippen molar-refractivity contribution in [1.82, 2.24) is 0 Å². The van der Waals surface area contributed by atoms with Gasteiger partial charge in [-0.25, -0.2) is 12.8 Å². The summed E-state index contributed by atoms with van der Waals surface area (Å²) in [7, 11) is -3.56. The number of aliphatic carboxylic acids is 1. The van der Waals surface area contributed by atoms with Crippen LogP contribution in [0.4, 0.5) is 4.39 Å². The van der Waals surface area contributed by atoms with E-state index in [1.807, 2.05) is 0 Å². The number of nitrogens with two attached hydrogens (primary N) is 1. The lowest BCUT2D eigenvalue weighted by molar-refractivity contribution is -0.143. The third-order valence-corrected chi connectivity index (χ3v) is 5.30. The molecule has 0 unspecified atom stereocenters. The first-order valence-corrected chi connectivity index (χ1v) is 7.58. The Bertz CT molecular complexity index is 613. The van der Waals surface area contributed by atoms with E-state index in [0.717, 1.165) is 6.26 Å². The number of rotatable bonds is 4. The standard InChI is InChI=1S/C12H14FNO4S/c1-19(17,18)10-9(12(10,6-14)11(15)16)7-2-4-8(13)5-3-7/h2-5,9-10H,6,14H2,1H3,(H,15,16)/t9-,10-,12+/m0/s1. The maximum absolute atomic E-state index is 12.9. The Morgan fingerprint density at radius 1 is 1.42 bits per heavy atom. The molecule has 7 heteroatoms. The largest absolute Gasteiger partial charge is 0.481 e. The van der Waals surface area contributed by atoms with Crippen LogP contribution in [0.3, 0.4) is 0 Å². The molecule has 0 bridgehead atoms. The first-order chi connectivity index (χ1) is 8.75. The zero-order valence-electron chi connectivity index (χ0n) is 10.2. The molecule has 0 amide bonds. The minimum Gasteiger partial charge on any atom is -0.481 e. The van der Waals surface area contributed by atoms with Crippen molar-refractivity contribution in [3.05, 3.63) is 35.6 Å². The zero-order chi connectivity index (χ0) is 14.4. The summed E-state index contributed by atoms with van der Waals surface area (Å²) in [6.07, 6.45) is 0.995. The molecule has 5 nitrogen and oxygen atoms in total. The van der Waals surface area contributed by atoms with Crippen LogP contribution in [0.1, 0.15) is 11.5 Å². The first kappa shape index (κ1) is 14.0. The van der Waals surface area contributed by atoms with Gasteiger partial charge in [0.05, 0.1) is 5.25 Å². The second kappa shape index (κ2) is 4.28. The smallest absolute Gasteiger partial charge is 0.312 e. The normalized spacial score (nSPS) is 30.1. The quantitative estimate of drug-likeness (QED) is 0.833. The summed E-state index contributed by atoms with van der Waals surface area (Å²) in [5.41, 5.74) is 4.46. The van der Waals surface area contributed by atoms with Crippen LogP contribution in [-0.4, -0.2) is 37.5 Å². The van der Waals surface area contributed by atoms with E-state index in [1.54, 1.807) is 0 Å². The molecule has 0 radical (unpaired) electrons. The topological polar surface area (TPSA) is 97.5 Å². The number of carbonyl (C=O) groups is 1. The van der Waals surface area contributed by atoms with Gasteiger partial charge in [-0.2, -0.15) is 0 Å². The Morgan fingerprint density at radius 2 is 1.95 bits per heavy atom. The highest BCUT2D eigenvalue weighted by atomic mass is 32.2. The number of sulfone groups is 1. The zero-order valence-corrected chi connectivity index (χ0v) is 11.0. The second-order valence-corrected chi connectivity index (χ2v) is 7.00. The van der Waals surface area contributed by atoms with Crippen molar-refractivity contribution in [2.75, 3.05) is 12.8 Å². The summed E-state index contributed by atoms with van der Waals surface area (Å²) < 4.78 is 36.3. The molecule has 1 aromatic rings. The third kappa shape index (κ3) is 2.02. The fourth-order valence-electron chi connectivity index (χ4n) is 2.76. The molecule has 19 heavy (non-hydrogen) atoms. The maximum Gasteiger partial charge on any atom is 0.312 e.